The van der Waals surface area contributed by atoms with Crippen LogP contribution in [0, 0.1) is 0 Å². The van der Waals surface area contributed by atoms with Crippen LogP contribution in [0.4, 0.5) is 0 Å². The lowest BCUT2D eigenvalue weighted by Gasteiger charge is -2.26. The molecule has 2 aliphatic rings. The Bertz CT molecular complexity index is 1020. The third-order valence-electron chi connectivity index (χ3n) is 6.80. The molecule has 1 aliphatic carbocycles. The van der Waals surface area contributed by atoms with E-state index < -0.39 is 0 Å². The highest BCUT2D eigenvalue weighted by atomic mass is 32.1. The van der Waals surface area contributed by atoms with E-state index in [-0.39, 0.29) is 0 Å². The first kappa shape index (κ1) is 21.6. The summed E-state index contributed by atoms with van der Waals surface area (Å²) >= 11 is 1.78. The van der Waals surface area contributed by atoms with Crippen molar-refractivity contribution in [1.29, 1.82) is 0 Å². The van der Waals surface area contributed by atoms with Crippen LogP contribution in [0.25, 0.3) is 10.1 Å². The Balaban J connectivity index is 1.29. The van der Waals surface area contributed by atoms with Gasteiger partial charge in [-0.25, -0.2) is 0 Å². The minimum absolute atomic E-state index is 0.312. The molecule has 1 saturated heterocycles. The van der Waals surface area contributed by atoms with Crippen molar-refractivity contribution in [2.45, 2.75) is 57.3 Å². The fourth-order valence-corrected chi connectivity index (χ4v) is 6.35. The summed E-state index contributed by atoms with van der Waals surface area (Å²) in [5.74, 6) is 3.55. The minimum Gasteiger partial charge on any atom is -0.508 e. The predicted octanol–water partition coefficient (Wildman–Crippen LogP) is 7.31. The summed E-state index contributed by atoms with van der Waals surface area (Å²) in [7, 11) is 0. The zero-order valence-corrected chi connectivity index (χ0v) is 19.5. The van der Waals surface area contributed by atoms with Gasteiger partial charge in [-0.15, -0.1) is 11.3 Å². The van der Waals surface area contributed by atoms with Gasteiger partial charge in [-0.2, -0.15) is 0 Å². The quantitative estimate of drug-likeness (QED) is 0.409. The second-order valence-corrected chi connectivity index (χ2v) is 10.2. The Morgan fingerprint density at radius 2 is 1.59 bits per heavy atom. The molecule has 2 heterocycles. The van der Waals surface area contributed by atoms with E-state index in [1.165, 1.54) is 69.3 Å². The van der Waals surface area contributed by atoms with Gasteiger partial charge in [0.15, 0.2) is 0 Å². The highest BCUT2D eigenvalue weighted by Gasteiger charge is 2.24. The van der Waals surface area contributed by atoms with Gasteiger partial charge in [0.1, 0.15) is 29.6 Å². The van der Waals surface area contributed by atoms with Gasteiger partial charge in [-0.3, -0.25) is 4.90 Å². The number of ether oxygens (including phenoxy) is 2. The van der Waals surface area contributed by atoms with Crippen LogP contribution in [0.2, 0.25) is 0 Å². The summed E-state index contributed by atoms with van der Waals surface area (Å²) in [5.41, 5.74) is 0. The highest BCUT2D eigenvalue weighted by Crippen LogP contribution is 2.48. The maximum Gasteiger partial charge on any atom is 0.149 e. The molecule has 5 heteroatoms. The molecule has 170 valence electrons. The average Bonchev–Trinajstić information content (AvgIpc) is 3.18. The van der Waals surface area contributed by atoms with Crippen molar-refractivity contribution in [2.75, 3.05) is 26.2 Å². The molecule has 0 spiro atoms. The summed E-state index contributed by atoms with van der Waals surface area (Å²) in [6.07, 6.45) is 10.3. The maximum atomic E-state index is 9.96. The van der Waals surface area contributed by atoms with E-state index in [9.17, 15) is 5.11 Å². The fraction of sp³-hybridized carbons (Fsp3) is 0.481. The topological polar surface area (TPSA) is 41.9 Å². The number of phenolic OH excluding ortho intramolecular Hbond substituents is 1. The van der Waals surface area contributed by atoms with Crippen LogP contribution in [0.15, 0.2) is 42.5 Å². The lowest BCUT2D eigenvalue weighted by Crippen LogP contribution is -2.33. The smallest absolute Gasteiger partial charge is 0.149 e. The first-order chi connectivity index (χ1) is 15.8. The van der Waals surface area contributed by atoms with Crippen molar-refractivity contribution in [3.63, 3.8) is 0 Å². The Kier molecular flexibility index (Phi) is 6.84. The number of likely N-dealkylation sites (tertiary alicyclic amines) is 1. The summed E-state index contributed by atoms with van der Waals surface area (Å²) in [6.45, 7) is 4.12. The largest absolute Gasteiger partial charge is 0.508 e. The predicted molar refractivity (Wildman–Crippen MR) is 132 cm³/mol. The van der Waals surface area contributed by atoms with Gasteiger partial charge in [0.2, 0.25) is 0 Å². The van der Waals surface area contributed by atoms with Crippen molar-refractivity contribution < 1.29 is 14.6 Å². The number of hydrogen-bond acceptors (Lipinski definition) is 5. The molecule has 0 radical (unpaired) electrons. The van der Waals surface area contributed by atoms with Crippen molar-refractivity contribution in [3.8, 4) is 23.0 Å². The van der Waals surface area contributed by atoms with Gasteiger partial charge in [-0.1, -0.05) is 25.7 Å². The minimum atomic E-state index is 0.312. The van der Waals surface area contributed by atoms with Crippen molar-refractivity contribution >= 4 is 21.4 Å². The van der Waals surface area contributed by atoms with Crippen molar-refractivity contribution in [1.82, 2.24) is 4.90 Å². The Hall–Kier alpha value is -2.24. The van der Waals surface area contributed by atoms with Gasteiger partial charge in [0.25, 0.3) is 0 Å². The molecule has 32 heavy (non-hydrogen) atoms. The number of thiophene rings is 1. The summed E-state index contributed by atoms with van der Waals surface area (Å²) in [4.78, 5) is 3.82. The first-order valence-corrected chi connectivity index (χ1v) is 13.0. The van der Waals surface area contributed by atoms with Gasteiger partial charge in [0, 0.05) is 16.6 Å². The third kappa shape index (κ3) is 5.05. The average molecular weight is 452 g/mol. The molecule has 0 bridgehead atoms. The molecule has 5 rings (SSSR count). The van der Waals surface area contributed by atoms with E-state index in [0.29, 0.717) is 11.7 Å². The summed E-state index contributed by atoms with van der Waals surface area (Å²) < 4.78 is 13.5. The van der Waals surface area contributed by atoms with Crippen LogP contribution >= 0.6 is 11.3 Å². The van der Waals surface area contributed by atoms with Crippen LogP contribution in [0.3, 0.4) is 0 Å². The fourth-order valence-electron chi connectivity index (χ4n) is 5.02. The molecule has 1 saturated carbocycles. The third-order valence-corrected chi connectivity index (χ3v) is 8.09. The van der Waals surface area contributed by atoms with Crippen LogP contribution in [0.5, 0.6) is 23.0 Å². The molecule has 0 unspecified atom stereocenters. The number of nitrogens with zero attached hydrogens (tertiary/aromatic N) is 1. The molecule has 0 atom stereocenters. The lowest BCUT2D eigenvalue weighted by atomic mass is 9.88. The number of rotatable bonds is 7. The zero-order chi connectivity index (χ0) is 21.8. The van der Waals surface area contributed by atoms with E-state index in [1.807, 2.05) is 36.4 Å². The molecule has 4 nitrogen and oxygen atoms in total. The van der Waals surface area contributed by atoms with Gasteiger partial charge in [0.05, 0.1) is 4.88 Å². The lowest BCUT2D eigenvalue weighted by molar-refractivity contribution is 0.183. The summed E-state index contributed by atoms with van der Waals surface area (Å²) in [5, 5.41) is 11.1. The number of benzene rings is 2. The molecule has 1 aromatic heterocycles. The molecular weight excluding hydrogens is 418 g/mol. The van der Waals surface area contributed by atoms with Crippen molar-refractivity contribution in [3.05, 3.63) is 47.3 Å². The monoisotopic (exact) mass is 451 g/mol. The summed E-state index contributed by atoms with van der Waals surface area (Å²) in [6, 6.07) is 13.6. The second kappa shape index (κ2) is 10.1. The number of fused-ring (bicyclic) bond motifs is 1. The van der Waals surface area contributed by atoms with E-state index in [1.54, 1.807) is 17.4 Å². The SMILES string of the molecule is Oc1ccc2c(Oc3ccc(OCCN4CCCCC4)cc3)c(C3CCCCC3)sc2c1. The highest BCUT2D eigenvalue weighted by molar-refractivity contribution is 7.19. The Morgan fingerprint density at radius 3 is 2.38 bits per heavy atom. The second-order valence-electron chi connectivity index (χ2n) is 9.14. The van der Waals surface area contributed by atoms with Gasteiger partial charge >= 0.3 is 0 Å². The molecule has 1 N–H and O–H groups in total. The number of phenols is 1. The molecule has 3 aromatic rings. The standard InChI is InChI=1S/C27H33NO3S/c29-21-9-14-24-25(19-21)32-27(20-7-3-1-4-8-20)26(24)31-23-12-10-22(11-13-23)30-18-17-28-15-5-2-6-16-28/h9-14,19-20,29H,1-8,15-18H2. The maximum absolute atomic E-state index is 9.96. The van der Waals surface area contributed by atoms with E-state index >= 15 is 0 Å². The van der Waals surface area contributed by atoms with E-state index in [4.69, 9.17) is 9.47 Å². The number of hydrogen-bond donors (Lipinski definition) is 1. The first-order valence-electron chi connectivity index (χ1n) is 12.1. The molecule has 2 aromatic carbocycles. The Morgan fingerprint density at radius 1 is 0.875 bits per heavy atom. The number of piperidine rings is 1. The molecule has 1 aliphatic heterocycles. The van der Waals surface area contributed by atoms with Crippen LogP contribution in [-0.2, 0) is 0 Å². The van der Waals surface area contributed by atoms with Gasteiger partial charge < -0.3 is 14.6 Å². The van der Waals surface area contributed by atoms with Gasteiger partial charge in [-0.05, 0) is 87.2 Å². The normalized spacial score (nSPS) is 18.1. The molecule has 2 fully saturated rings. The Labute approximate surface area is 194 Å². The van der Waals surface area contributed by atoms with Crippen molar-refractivity contribution in [2.24, 2.45) is 0 Å². The van der Waals surface area contributed by atoms with Crippen LogP contribution in [-0.4, -0.2) is 36.2 Å². The molecular formula is C27H33NO3S. The van der Waals surface area contributed by atoms with Crippen LogP contribution in [0.1, 0.15) is 62.2 Å². The van der Waals surface area contributed by atoms with E-state index in [0.717, 1.165) is 40.5 Å². The number of aromatic hydroxyl groups is 1. The zero-order valence-electron chi connectivity index (χ0n) is 18.7. The van der Waals surface area contributed by atoms with Crippen LogP contribution < -0.4 is 9.47 Å². The molecule has 0 amide bonds. The van der Waals surface area contributed by atoms with E-state index in [2.05, 4.69) is 4.90 Å².